The van der Waals surface area contributed by atoms with Crippen LogP contribution in [-0.4, -0.2) is 25.2 Å². The minimum atomic E-state index is -0.643. The van der Waals surface area contributed by atoms with Crippen LogP contribution in [0.15, 0.2) is 0 Å². The van der Waals surface area contributed by atoms with Crippen LogP contribution in [0, 0.1) is 0 Å². The first-order valence-electron chi connectivity index (χ1n) is 3.25. The number of nitrogens with one attached hydrogen (secondary N) is 1. The minimum Gasteiger partial charge on any atom is -0.453 e. The van der Waals surface area contributed by atoms with E-state index in [1.165, 1.54) is 7.11 Å². The molecule has 11 heavy (non-hydrogen) atoms. The Morgan fingerprint density at radius 2 is 2.18 bits per heavy atom. The summed E-state index contributed by atoms with van der Waals surface area (Å²) in [4.78, 5) is 21.1. The molecule has 1 unspecified atom stereocenters. The molecule has 0 fully saturated rings. The van der Waals surface area contributed by atoms with Gasteiger partial charge < -0.3 is 15.8 Å². The Kier molecular flexibility index (Phi) is 4.02. The third kappa shape index (κ3) is 3.44. The van der Waals surface area contributed by atoms with Gasteiger partial charge in [0.2, 0.25) is 5.91 Å². The molecular weight excluding hydrogens is 148 g/mol. The number of carbonyl (C=O) groups excluding carboxylic acids is 2. The Labute approximate surface area is 64.9 Å². The Balaban J connectivity index is 3.88. The van der Waals surface area contributed by atoms with Gasteiger partial charge in [-0.25, -0.2) is 4.79 Å². The van der Waals surface area contributed by atoms with E-state index in [0.29, 0.717) is 6.42 Å². The monoisotopic (exact) mass is 160 g/mol. The molecule has 5 heteroatoms. The highest BCUT2D eigenvalue weighted by atomic mass is 16.5. The third-order valence-electron chi connectivity index (χ3n) is 1.23. The Hall–Kier alpha value is -1.26. The van der Waals surface area contributed by atoms with E-state index in [1.807, 2.05) is 0 Å². The zero-order valence-electron chi connectivity index (χ0n) is 6.59. The molecule has 0 aromatic heterocycles. The SMILES string of the molecule is CCC(NC(=O)OC)C(N)=O. The quantitative estimate of drug-likeness (QED) is 0.589. The van der Waals surface area contributed by atoms with Crippen LogP contribution in [0.5, 0.6) is 0 Å². The Morgan fingerprint density at radius 3 is 2.45 bits per heavy atom. The number of alkyl carbamates (subject to hydrolysis) is 1. The van der Waals surface area contributed by atoms with Crippen LogP contribution in [0.4, 0.5) is 4.79 Å². The van der Waals surface area contributed by atoms with E-state index in [4.69, 9.17) is 5.73 Å². The lowest BCUT2D eigenvalue weighted by molar-refractivity contribution is -0.119. The molecule has 0 saturated heterocycles. The topological polar surface area (TPSA) is 81.4 Å². The molecule has 5 nitrogen and oxygen atoms in total. The van der Waals surface area contributed by atoms with E-state index in [2.05, 4.69) is 10.1 Å². The summed E-state index contributed by atoms with van der Waals surface area (Å²) in [5.41, 5.74) is 4.94. The summed E-state index contributed by atoms with van der Waals surface area (Å²) in [7, 11) is 1.23. The predicted octanol–water partition coefficient (Wildman–Crippen LogP) is -0.394. The molecule has 0 aliphatic heterocycles. The van der Waals surface area contributed by atoms with Crippen molar-refractivity contribution in [3.05, 3.63) is 0 Å². The lowest BCUT2D eigenvalue weighted by Crippen LogP contribution is -2.43. The Bertz CT molecular complexity index is 158. The molecule has 0 spiro atoms. The molecule has 0 rings (SSSR count). The van der Waals surface area contributed by atoms with Crippen LogP contribution in [0.1, 0.15) is 13.3 Å². The highest BCUT2D eigenvalue weighted by Gasteiger charge is 2.14. The van der Waals surface area contributed by atoms with Crippen molar-refractivity contribution in [2.24, 2.45) is 5.73 Å². The van der Waals surface area contributed by atoms with Crippen LogP contribution >= 0.6 is 0 Å². The highest BCUT2D eigenvalue weighted by Crippen LogP contribution is 1.89. The molecule has 0 heterocycles. The summed E-state index contributed by atoms with van der Waals surface area (Å²) in [6, 6.07) is -0.637. The lowest BCUT2D eigenvalue weighted by Gasteiger charge is -2.10. The first-order valence-corrected chi connectivity index (χ1v) is 3.25. The molecule has 0 aliphatic carbocycles. The molecule has 1 atom stereocenters. The molecule has 0 aromatic carbocycles. The number of nitrogens with two attached hydrogens (primary N) is 1. The number of rotatable bonds is 3. The van der Waals surface area contributed by atoms with Gasteiger partial charge >= 0.3 is 6.09 Å². The van der Waals surface area contributed by atoms with E-state index in [9.17, 15) is 9.59 Å². The highest BCUT2D eigenvalue weighted by molar-refractivity contribution is 5.84. The van der Waals surface area contributed by atoms with E-state index in [1.54, 1.807) is 6.92 Å². The van der Waals surface area contributed by atoms with E-state index in [0.717, 1.165) is 0 Å². The second-order valence-corrected chi connectivity index (χ2v) is 2.00. The lowest BCUT2D eigenvalue weighted by atomic mass is 10.2. The van der Waals surface area contributed by atoms with Crippen molar-refractivity contribution in [2.45, 2.75) is 19.4 Å². The van der Waals surface area contributed by atoms with E-state index < -0.39 is 18.0 Å². The van der Waals surface area contributed by atoms with Gasteiger partial charge in [-0.15, -0.1) is 0 Å². The van der Waals surface area contributed by atoms with Crippen molar-refractivity contribution in [3.63, 3.8) is 0 Å². The second-order valence-electron chi connectivity index (χ2n) is 2.00. The summed E-state index contributed by atoms with van der Waals surface area (Å²) >= 11 is 0. The molecule has 0 radical (unpaired) electrons. The van der Waals surface area contributed by atoms with Crippen molar-refractivity contribution in [1.82, 2.24) is 5.32 Å². The average molecular weight is 160 g/mol. The summed E-state index contributed by atoms with van der Waals surface area (Å²) in [5, 5.41) is 2.28. The standard InChI is InChI=1S/C6H12N2O3/c1-3-4(5(7)9)8-6(10)11-2/h4H,3H2,1-2H3,(H2,7,9)(H,8,10). The van der Waals surface area contributed by atoms with Crippen molar-refractivity contribution < 1.29 is 14.3 Å². The molecule has 2 amide bonds. The van der Waals surface area contributed by atoms with Crippen LogP contribution in [-0.2, 0) is 9.53 Å². The largest absolute Gasteiger partial charge is 0.453 e. The number of carbonyl (C=O) groups is 2. The number of primary amides is 1. The number of methoxy groups -OCH3 is 1. The fourth-order valence-electron chi connectivity index (χ4n) is 0.576. The number of hydrogen-bond acceptors (Lipinski definition) is 3. The summed E-state index contributed by atoms with van der Waals surface area (Å²) < 4.78 is 4.27. The predicted molar refractivity (Wildman–Crippen MR) is 38.8 cm³/mol. The van der Waals surface area contributed by atoms with Crippen LogP contribution < -0.4 is 11.1 Å². The van der Waals surface area contributed by atoms with E-state index >= 15 is 0 Å². The maximum Gasteiger partial charge on any atom is 0.407 e. The maximum atomic E-state index is 10.5. The van der Waals surface area contributed by atoms with Gasteiger partial charge in [0, 0.05) is 0 Å². The first-order chi connectivity index (χ1) is 5.11. The van der Waals surface area contributed by atoms with Gasteiger partial charge in [-0.2, -0.15) is 0 Å². The van der Waals surface area contributed by atoms with Gasteiger partial charge in [-0.05, 0) is 6.42 Å². The number of ether oxygens (including phenoxy) is 1. The molecule has 3 N–H and O–H groups in total. The van der Waals surface area contributed by atoms with Gasteiger partial charge in [0.25, 0.3) is 0 Å². The minimum absolute atomic E-state index is 0.463. The molecule has 0 saturated carbocycles. The van der Waals surface area contributed by atoms with E-state index in [-0.39, 0.29) is 0 Å². The zero-order chi connectivity index (χ0) is 8.85. The zero-order valence-corrected chi connectivity index (χ0v) is 6.59. The smallest absolute Gasteiger partial charge is 0.407 e. The maximum absolute atomic E-state index is 10.5. The fraction of sp³-hybridized carbons (Fsp3) is 0.667. The molecule has 0 aliphatic rings. The van der Waals surface area contributed by atoms with Gasteiger partial charge in [-0.1, -0.05) is 6.92 Å². The average Bonchev–Trinajstić information content (AvgIpc) is 1.99. The van der Waals surface area contributed by atoms with Crippen molar-refractivity contribution in [3.8, 4) is 0 Å². The first kappa shape index (κ1) is 9.74. The van der Waals surface area contributed by atoms with Crippen molar-refractivity contribution >= 4 is 12.0 Å². The molecule has 0 aromatic rings. The molecular formula is C6H12N2O3. The van der Waals surface area contributed by atoms with Gasteiger partial charge in [-0.3, -0.25) is 4.79 Å². The fourth-order valence-corrected chi connectivity index (χ4v) is 0.576. The number of hydrogen-bond donors (Lipinski definition) is 2. The van der Waals surface area contributed by atoms with Crippen molar-refractivity contribution in [1.29, 1.82) is 0 Å². The third-order valence-corrected chi connectivity index (χ3v) is 1.23. The Morgan fingerprint density at radius 1 is 1.64 bits per heavy atom. The summed E-state index contributed by atoms with van der Waals surface area (Å²) in [6.45, 7) is 1.74. The van der Waals surface area contributed by atoms with Gasteiger partial charge in [0.05, 0.1) is 7.11 Å². The molecule has 64 valence electrons. The summed E-state index contributed by atoms with van der Waals surface area (Å²) in [6.07, 6.45) is -0.180. The second kappa shape index (κ2) is 4.54. The normalized spacial score (nSPS) is 11.8. The van der Waals surface area contributed by atoms with Crippen LogP contribution in [0.2, 0.25) is 0 Å². The summed E-state index contributed by atoms with van der Waals surface area (Å²) in [5.74, 6) is -0.557. The number of amides is 2. The van der Waals surface area contributed by atoms with Crippen molar-refractivity contribution in [2.75, 3.05) is 7.11 Å². The van der Waals surface area contributed by atoms with Gasteiger partial charge in [0.1, 0.15) is 6.04 Å². The molecule has 0 bridgehead atoms. The van der Waals surface area contributed by atoms with Crippen LogP contribution in [0.3, 0.4) is 0 Å². The van der Waals surface area contributed by atoms with Gasteiger partial charge in [0.15, 0.2) is 0 Å². The van der Waals surface area contributed by atoms with Crippen LogP contribution in [0.25, 0.3) is 0 Å².